The van der Waals surface area contributed by atoms with Crippen molar-refractivity contribution in [2.24, 2.45) is 0 Å². The number of ether oxygens (including phenoxy) is 1. The van der Waals surface area contributed by atoms with Gasteiger partial charge in [0.2, 0.25) is 0 Å². The van der Waals surface area contributed by atoms with Crippen LogP contribution in [0, 0.1) is 6.92 Å². The highest BCUT2D eigenvalue weighted by molar-refractivity contribution is 6.31. The van der Waals surface area contributed by atoms with E-state index in [0.29, 0.717) is 5.02 Å². The highest BCUT2D eigenvalue weighted by atomic mass is 35.5. The molecule has 1 unspecified atom stereocenters. The summed E-state index contributed by atoms with van der Waals surface area (Å²) in [6, 6.07) is 12.0. The Morgan fingerprint density at radius 3 is 3.04 bits per heavy atom. The Morgan fingerprint density at radius 1 is 1.19 bits per heavy atom. The van der Waals surface area contributed by atoms with E-state index in [-0.39, 0.29) is 6.10 Å². The van der Waals surface area contributed by atoms with Gasteiger partial charge < -0.3 is 14.6 Å². The zero-order chi connectivity index (χ0) is 18.4. The number of benzene rings is 2. The summed E-state index contributed by atoms with van der Waals surface area (Å²) < 4.78 is 5.65. The summed E-state index contributed by atoms with van der Waals surface area (Å²) in [5.74, 6) is 0.741. The number of hydrogen-bond donors (Lipinski definition) is 2. The Bertz CT molecular complexity index is 1120. The molecular formula is C20H19ClN5O. The molecule has 0 amide bonds. The smallest absolute Gasteiger partial charge is 0.159 e. The van der Waals surface area contributed by atoms with Crippen molar-refractivity contribution < 1.29 is 4.74 Å². The Kier molecular flexibility index (Phi) is 4.02. The largest absolute Gasteiger partial charge is 0.376 e. The molecule has 1 saturated heterocycles. The monoisotopic (exact) mass is 380 g/mol. The molecule has 27 heavy (non-hydrogen) atoms. The van der Waals surface area contributed by atoms with Crippen LogP contribution in [0.4, 0.5) is 5.69 Å². The maximum Gasteiger partial charge on any atom is 0.159 e. The second-order valence-electron chi connectivity index (χ2n) is 6.84. The number of nitrogens with zero attached hydrogens (tertiary/aromatic N) is 3. The van der Waals surface area contributed by atoms with Gasteiger partial charge in [-0.3, -0.25) is 5.10 Å². The molecule has 0 bridgehead atoms. The molecule has 4 aromatic rings. The number of rotatable bonds is 2. The average molecular weight is 381 g/mol. The number of halogens is 1. The molecule has 1 radical (unpaired) electrons. The first-order valence-corrected chi connectivity index (χ1v) is 9.38. The van der Waals surface area contributed by atoms with Crippen molar-refractivity contribution in [3.63, 3.8) is 0 Å². The lowest BCUT2D eigenvalue weighted by Gasteiger charge is -2.24. The van der Waals surface area contributed by atoms with E-state index in [4.69, 9.17) is 21.3 Å². The van der Waals surface area contributed by atoms with Crippen LogP contribution in [0.15, 0.2) is 36.4 Å². The number of aromatic amines is 2. The van der Waals surface area contributed by atoms with Gasteiger partial charge in [-0.05, 0) is 49.7 Å². The lowest BCUT2D eigenvalue weighted by molar-refractivity contribution is 0.0993. The molecule has 1 aliphatic rings. The molecular weight excluding hydrogens is 362 g/mol. The summed E-state index contributed by atoms with van der Waals surface area (Å²) in [7, 11) is 0. The third-order valence-corrected chi connectivity index (χ3v) is 5.16. The molecule has 2 aromatic heterocycles. The van der Waals surface area contributed by atoms with E-state index >= 15 is 0 Å². The van der Waals surface area contributed by atoms with Crippen molar-refractivity contribution in [1.82, 2.24) is 20.2 Å². The fourth-order valence-electron chi connectivity index (χ4n) is 3.61. The van der Waals surface area contributed by atoms with Crippen LogP contribution in [0.2, 0.25) is 5.02 Å². The van der Waals surface area contributed by atoms with Crippen LogP contribution in [-0.2, 0) is 4.74 Å². The SMILES string of the molecule is [CH2]C1CN(c2ccc3nc(-c4n[nH]c5cc(Cl)ccc45)[nH]c3c2)CCCO1. The molecule has 7 heteroatoms. The van der Waals surface area contributed by atoms with E-state index in [1.54, 1.807) is 0 Å². The van der Waals surface area contributed by atoms with Crippen molar-refractivity contribution in [2.45, 2.75) is 12.5 Å². The second-order valence-corrected chi connectivity index (χ2v) is 7.28. The minimum absolute atomic E-state index is 0.0113. The minimum Gasteiger partial charge on any atom is -0.376 e. The molecule has 3 heterocycles. The van der Waals surface area contributed by atoms with E-state index in [1.807, 2.05) is 24.3 Å². The van der Waals surface area contributed by atoms with E-state index in [9.17, 15) is 0 Å². The molecule has 0 saturated carbocycles. The standard InChI is InChI=1S/C20H19ClN5O/c1-12-11-26(7-2-8-27-12)14-4-6-16-18(10-14)23-20(22-16)19-15-5-3-13(21)9-17(15)24-25-19/h3-6,9-10,12H,1-2,7-8,11H2,(H,22,23)(H,24,25). The van der Waals surface area contributed by atoms with Gasteiger partial charge in [-0.25, -0.2) is 4.98 Å². The summed E-state index contributed by atoms with van der Waals surface area (Å²) in [5, 5.41) is 9.11. The van der Waals surface area contributed by atoms with E-state index in [0.717, 1.165) is 65.3 Å². The Morgan fingerprint density at radius 2 is 2.11 bits per heavy atom. The molecule has 1 atom stereocenters. The Hall–Kier alpha value is -2.57. The molecule has 2 aromatic carbocycles. The van der Waals surface area contributed by atoms with Crippen LogP contribution < -0.4 is 4.90 Å². The lowest BCUT2D eigenvalue weighted by atomic mass is 10.2. The number of fused-ring (bicyclic) bond motifs is 2. The van der Waals surface area contributed by atoms with Crippen LogP contribution in [0.25, 0.3) is 33.5 Å². The van der Waals surface area contributed by atoms with Gasteiger partial charge in [0, 0.05) is 35.8 Å². The van der Waals surface area contributed by atoms with E-state index < -0.39 is 0 Å². The van der Waals surface area contributed by atoms with Crippen LogP contribution in [-0.4, -0.2) is 46.0 Å². The van der Waals surface area contributed by atoms with E-state index in [2.05, 4.69) is 39.1 Å². The van der Waals surface area contributed by atoms with Crippen LogP contribution >= 0.6 is 11.6 Å². The van der Waals surface area contributed by atoms with Crippen LogP contribution in [0.3, 0.4) is 0 Å². The van der Waals surface area contributed by atoms with Gasteiger partial charge in [0.15, 0.2) is 5.82 Å². The number of nitrogens with one attached hydrogen (secondary N) is 2. The van der Waals surface area contributed by atoms with E-state index in [1.165, 1.54) is 0 Å². The Balaban J connectivity index is 1.53. The first-order valence-electron chi connectivity index (χ1n) is 9.01. The van der Waals surface area contributed by atoms with Gasteiger partial charge in [-0.15, -0.1) is 0 Å². The third kappa shape index (κ3) is 3.05. The normalized spacial score (nSPS) is 18.3. The zero-order valence-electron chi connectivity index (χ0n) is 14.7. The number of aromatic nitrogens is 4. The predicted octanol–water partition coefficient (Wildman–Crippen LogP) is 4.19. The molecule has 1 aliphatic heterocycles. The summed E-state index contributed by atoms with van der Waals surface area (Å²) in [6.45, 7) is 6.58. The summed E-state index contributed by atoms with van der Waals surface area (Å²) in [4.78, 5) is 10.4. The quantitative estimate of drug-likeness (QED) is 0.547. The van der Waals surface area contributed by atoms with Crippen LogP contribution in [0.1, 0.15) is 6.42 Å². The average Bonchev–Trinajstić information content (AvgIpc) is 3.20. The van der Waals surface area contributed by atoms with Gasteiger partial charge in [0.25, 0.3) is 0 Å². The Labute approximate surface area is 161 Å². The number of anilines is 1. The number of H-pyrrole nitrogens is 2. The molecule has 0 aliphatic carbocycles. The molecule has 0 spiro atoms. The predicted molar refractivity (Wildman–Crippen MR) is 108 cm³/mol. The molecule has 1 fully saturated rings. The molecule has 5 rings (SSSR count). The maximum atomic E-state index is 6.06. The zero-order valence-corrected chi connectivity index (χ0v) is 15.5. The van der Waals surface area contributed by atoms with Crippen LogP contribution in [0.5, 0.6) is 0 Å². The van der Waals surface area contributed by atoms with Gasteiger partial charge in [-0.1, -0.05) is 11.6 Å². The minimum atomic E-state index is -0.0113. The first kappa shape index (κ1) is 16.6. The highest BCUT2D eigenvalue weighted by Gasteiger charge is 2.17. The number of hydrogen-bond acceptors (Lipinski definition) is 4. The summed E-state index contributed by atoms with van der Waals surface area (Å²) in [6.07, 6.45) is 0.989. The first-order chi connectivity index (χ1) is 13.2. The molecule has 6 nitrogen and oxygen atoms in total. The summed E-state index contributed by atoms with van der Waals surface area (Å²) in [5.41, 5.74) is 4.73. The lowest BCUT2D eigenvalue weighted by Crippen LogP contribution is -2.30. The van der Waals surface area contributed by atoms with Crippen molar-refractivity contribution in [2.75, 3.05) is 24.6 Å². The highest BCUT2D eigenvalue weighted by Crippen LogP contribution is 2.29. The maximum absolute atomic E-state index is 6.06. The summed E-state index contributed by atoms with van der Waals surface area (Å²) >= 11 is 6.06. The molecule has 2 N–H and O–H groups in total. The van der Waals surface area contributed by atoms with Gasteiger partial charge >= 0.3 is 0 Å². The fraction of sp³-hybridized carbons (Fsp3) is 0.250. The topological polar surface area (TPSA) is 69.8 Å². The van der Waals surface area contributed by atoms with Gasteiger partial charge in [-0.2, -0.15) is 5.10 Å². The van der Waals surface area contributed by atoms with Crippen molar-refractivity contribution in [1.29, 1.82) is 0 Å². The second kappa shape index (κ2) is 6.55. The van der Waals surface area contributed by atoms with Gasteiger partial charge in [0.05, 0.1) is 22.7 Å². The molecule has 137 valence electrons. The van der Waals surface area contributed by atoms with Gasteiger partial charge in [0.1, 0.15) is 5.69 Å². The number of imidazole rings is 1. The van der Waals surface area contributed by atoms with Crippen molar-refractivity contribution in [3.8, 4) is 11.5 Å². The van der Waals surface area contributed by atoms with Crippen molar-refractivity contribution >= 4 is 39.2 Å². The van der Waals surface area contributed by atoms with Crippen molar-refractivity contribution in [3.05, 3.63) is 48.3 Å². The fourth-order valence-corrected chi connectivity index (χ4v) is 3.78. The third-order valence-electron chi connectivity index (χ3n) is 4.93.